The van der Waals surface area contributed by atoms with Crippen LogP contribution < -0.4 is 10.1 Å². The minimum absolute atomic E-state index is 0.459. The van der Waals surface area contributed by atoms with E-state index in [0.29, 0.717) is 30.5 Å². The minimum Gasteiger partial charge on any atom is -0.485 e. The molecule has 0 unspecified atom stereocenters. The van der Waals surface area contributed by atoms with Crippen LogP contribution in [0.5, 0.6) is 5.75 Å². The number of aromatic nitrogens is 3. The van der Waals surface area contributed by atoms with Crippen LogP contribution in [0.3, 0.4) is 0 Å². The fraction of sp³-hybridized carbons (Fsp3) is 0.150. The molecule has 6 nitrogen and oxygen atoms in total. The summed E-state index contributed by atoms with van der Waals surface area (Å²) in [5.74, 6) is 2.72. The second kappa shape index (κ2) is 8.53. The van der Waals surface area contributed by atoms with E-state index in [-0.39, 0.29) is 0 Å². The summed E-state index contributed by atoms with van der Waals surface area (Å²) in [7, 11) is 0. The topological polar surface area (TPSA) is 73.1 Å². The number of halogens is 1. The van der Waals surface area contributed by atoms with E-state index in [0.717, 1.165) is 26.6 Å². The molecular formula is C20H17BrN4O2S. The van der Waals surface area contributed by atoms with Gasteiger partial charge in [0, 0.05) is 16.0 Å². The molecule has 142 valence electrons. The van der Waals surface area contributed by atoms with Gasteiger partial charge >= 0.3 is 0 Å². The number of rotatable bonds is 7. The fourth-order valence-electron chi connectivity index (χ4n) is 2.54. The molecule has 0 saturated heterocycles. The molecule has 0 aliphatic carbocycles. The number of nitrogens with zero attached hydrogens (tertiary/aromatic N) is 3. The van der Waals surface area contributed by atoms with Crippen LogP contribution in [0.25, 0.3) is 0 Å². The van der Waals surface area contributed by atoms with Crippen LogP contribution in [-0.2, 0) is 13.0 Å². The van der Waals surface area contributed by atoms with Crippen molar-refractivity contribution in [3.8, 4) is 5.75 Å². The molecule has 1 N–H and O–H groups in total. The Bertz CT molecular complexity index is 1070. The Morgan fingerprint density at radius 2 is 2.04 bits per heavy atom. The Morgan fingerprint density at radius 3 is 2.82 bits per heavy atom. The lowest BCUT2D eigenvalue weighted by molar-refractivity contribution is 0.306. The number of nitrogens with one attached hydrogen (secondary N) is 1. The second-order valence-electron chi connectivity index (χ2n) is 6.08. The largest absolute Gasteiger partial charge is 0.485 e. The Hall–Kier alpha value is -2.71. The molecule has 3 aromatic heterocycles. The lowest BCUT2D eigenvalue weighted by Gasteiger charge is -2.11. The van der Waals surface area contributed by atoms with Crippen molar-refractivity contribution in [3.63, 3.8) is 0 Å². The number of aryl methyl sites for hydroxylation is 1. The molecule has 0 amide bonds. The summed E-state index contributed by atoms with van der Waals surface area (Å²) in [6, 6.07) is 11.9. The summed E-state index contributed by atoms with van der Waals surface area (Å²) in [5.41, 5.74) is 1.98. The maximum Gasteiger partial charge on any atom is 0.200 e. The van der Waals surface area contributed by atoms with E-state index in [9.17, 15) is 0 Å². The number of hydrogen-bond acceptors (Lipinski definition) is 7. The van der Waals surface area contributed by atoms with Crippen molar-refractivity contribution in [3.05, 3.63) is 81.6 Å². The molecular weight excluding hydrogens is 440 g/mol. The van der Waals surface area contributed by atoms with Gasteiger partial charge in [0.15, 0.2) is 22.6 Å². The van der Waals surface area contributed by atoms with E-state index >= 15 is 0 Å². The summed E-state index contributed by atoms with van der Waals surface area (Å²) in [4.78, 5) is 13.2. The van der Waals surface area contributed by atoms with Gasteiger partial charge in [-0.2, -0.15) is 0 Å². The zero-order valence-corrected chi connectivity index (χ0v) is 17.5. The van der Waals surface area contributed by atoms with Gasteiger partial charge in [0.25, 0.3) is 0 Å². The molecule has 3 heterocycles. The van der Waals surface area contributed by atoms with Crippen LogP contribution in [0, 0.1) is 6.92 Å². The predicted molar refractivity (Wildman–Crippen MR) is 112 cm³/mol. The summed E-state index contributed by atoms with van der Waals surface area (Å²) in [6.45, 7) is 2.33. The molecule has 0 spiro atoms. The Kier molecular flexibility index (Phi) is 5.68. The van der Waals surface area contributed by atoms with Crippen LogP contribution in [0.2, 0.25) is 0 Å². The summed E-state index contributed by atoms with van der Waals surface area (Å²) < 4.78 is 12.3. The SMILES string of the molecule is Cc1cnc(Cc2csc(Nc3ncc(Br)cc3OCc3ccccc3)n2)o1. The van der Waals surface area contributed by atoms with Crippen molar-refractivity contribution in [2.75, 3.05) is 5.32 Å². The van der Waals surface area contributed by atoms with Crippen molar-refractivity contribution in [2.45, 2.75) is 20.0 Å². The maximum absolute atomic E-state index is 5.98. The first-order valence-electron chi connectivity index (χ1n) is 8.61. The number of benzene rings is 1. The third-order valence-electron chi connectivity index (χ3n) is 3.84. The molecule has 8 heteroatoms. The van der Waals surface area contributed by atoms with Crippen molar-refractivity contribution in [2.24, 2.45) is 0 Å². The second-order valence-corrected chi connectivity index (χ2v) is 7.86. The smallest absolute Gasteiger partial charge is 0.200 e. The van der Waals surface area contributed by atoms with Gasteiger partial charge in [0.05, 0.1) is 18.3 Å². The molecule has 0 saturated carbocycles. The third-order valence-corrected chi connectivity index (χ3v) is 5.08. The van der Waals surface area contributed by atoms with Gasteiger partial charge in [-0.25, -0.2) is 15.0 Å². The number of hydrogen-bond donors (Lipinski definition) is 1. The number of thiazole rings is 1. The van der Waals surface area contributed by atoms with Gasteiger partial charge in [0.2, 0.25) is 0 Å². The molecule has 1 aromatic carbocycles. The standard InChI is InChI=1S/C20H17BrN4O2S/c1-13-9-22-18(27-13)8-16-12-28-20(24-16)25-19-17(7-15(21)10-23-19)26-11-14-5-3-2-4-6-14/h2-7,9-10,12H,8,11H2,1H3,(H,23,24,25). The van der Waals surface area contributed by atoms with Crippen LogP contribution in [0.15, 0.2) is 63.1 Å². The molecule has 0 aliphatic rings. The first-order valence-corrected chi connectivity index (χ1v) is 10.3. The molecule has 28 heavy (non-hydrogen) atoms. The van der Waals surface area contributed by atoms with E-state index in [2.05, 4.69) is 36.2 Å². The molecule has 0 radical (unpaired) electrons. The van der Waals surface area contributed by atoms with Crippen molar-refractivity contribution >= 4 is 38.2 Å². The summed E-state index contributed by atoms with van der Waals surface area (Å²) >= 11 is 4.95. The van der Waals surface area contributed by atoms with E-state index < -0.39 is 0 Å². The molecule has 4 rings (SSSR count). The average molecular weight is 457 g/mol. The number of ether oxygens (including phenoxy) is 1. The monoisotopic (exact) mass is 456 g/mol. The van der Waals surface area contributed by atoms with E-state index in [1.165, 1.54) is 11.3 Å². The van der Waals surface area contributed by atoms with Crippen molar-refractivity contribution in [1.29, 1.82) is 0 Å². The third kappa shape index (κ3) is 4.76. The lowest BCUT2D eigenvalue weighted by atomic mass is 10.2. The van der Waals surface area contributed by atoms with Crippen LogP contribution in [0.4, 0.5) is 10.9 Å². The van der Waals surface area contributed by atoms with Crippen LogP contribution >= 0.6 is 27.3 Å². The van der Waals surface area contributed by atoms with E-state index in [1.807, 2.05) is 48.7 Å². The van der Waals surface area contributed by atoms with Gasteiger partial charge in [-0.1, -0.05) is 30.3 Å². The molecule has 4 aromatic rings. The molecule has 0 bridgehead atoms. The Balaban J connectivity index is 1.47. The average Bonchev–Trinajstić information content (AvgIpc) is 3.31. The van der Waals surface area contributed by atoms with E-state index in [4.69, 9.17) is 9.15 Å². The molecule has 0 aliphatic heterocycles. The fourth-order valence-corrected chi connectivity index (χ4v) is 3.56. The van der Waals surface area contributed by atoms with Gasteiger partial charge < -0.3 is 14.5 Å². The first kappa shape index (κ1) is 18.6. The zero-order chi connectivity index (χ0) is 19.3. The summed E-state index contributed by atoms with van der Waals surface area (Å²) in [6.07, 6.45) is 3.99. The molecule has 0 fully saturated rings. The van der Waals surface area contributed by atoms with Crippen molar-refractivity contribution < 1.29 is 9.15 Å². The predicted octanol–water partition coefficient (Wildman–Crippen LogP) is 5.51. The van der Waals surface area contributed by atoms with Gasteiger partial charge in [-0.05, 0) is 34.5 Å². The molecule has 0 atom stereocenters. The van der Waals surface area contributed by atoms with E-state index in [1.54, 1.807) is 12.4 Å². The zero-order valence-electron chi connectivity index (χ0n) is 15.1. The van der Waals surface area contributed by atoms with Crippen molar-refractivity contribution in [1.82, 2.24) is 15.0 Å². The van der Waals surface area contributed by atoms with Crippen LogP contribution in [-0.4, -0.2) is 15.0 Å². The Morgan fingerprint density at radius 1 is 1.18 bits per heavy atom. The van der Waals surface area contributed by atoms with Gasteiger partial charge in [-0.3, -0.25) is 0 Å². The Labute approximate surface area is 174 Å². The lowest BCUT2D eigenvalue weighted by Crippen LogP contribution is -2.01. The number of anilines is 2. The highest BCUT2D eigenvalue weighted by Crippen LogP contribution is 2.30. The maximum atomic E-state index is 5.98. The number of oxazole rings is 1. The van der Waals surface area contributed by atoms with Gasteiger partial charge in [0.1, 0.15) is 12.4 Å². The number of pyridine rings is 1. The summed E-state index contributed by atoms with van der Waals surface area (Å²) in [5, 5.41) is 5.96. The highest BCUT2D eigenvalue weighted by Gasteiger charge is 2.11. The quantitative estimate of drug-likeness (QED) is 0.395. The minimum atomic E-state index is 0.459. The normalized spacial score (nSPS) is 10.8. The van der Waals surface area contributed by atoms with Crippen LogP contribution in [0.1, 0.15) is 22.9 Å². The highest BCUT2D eigenvalue weighted by atomic mass is 79.9. The first-order chi connectivity index (χ1) is 13.7. The highest BCUT2D eigenvalue weighted by molar-refractivity contribution is 9.10. The van der Waals surface area contributed by atoms with Gasteiger partial charge in [-0.15, -0.1) is 11.3 Å².